The van der Waals surface area contributed by atoms with Crippen LogP contribution in [0.25, 0.3) is 6.08 Å². The molecule has 0 fully saturated rings. The van der Waals surface area contributed by atoms with E-state index in [1.165, 1.54) is 0 Å². The van der Waals surface area contributed by atoms with Crippen LogP contribution in [-0.2, 0) is 4.74 Å². The number of nitrogens with one attached hydrogen (secondary N) is 1. The van der Waals surface area contributed by atoms with E-state index >= 15 is 0 Å². The highest BCUT2D eigenvalue weighted by atomic mass is 16.6. The van der Waals surface area contributed by atoms with E-state index in [-0.39, 0.29) is 0 Å². The molecule has 1 aromatic carbocycles. The highest BCUT2D eigenvalue weighted by Crippen LogP contribution is 2.06. The molecule has 0 aliphatic carbocycles. The second kappa shape index (κ2) is 6.73. The maximum atomic E-state index is 11.3. The predicted octanol–water partition coefficient (Wildman–Crippen LogP) is 3.60. The number of rotatable bonds is 3. The molecule has 4 heteroatoms. The molecule has 0 saturated heterocycles. The van der Waals surface area contributed by atoms with Crippen molar-refractivity contribution in [1.82, 2.24) is 5.43 Å². The smallest absolute Gasteiger partial charge is 0.428 e. The molecule has 0 aliphatic rings. The maximum Gasteiger partial charge on any atom is 0.428 e. The lowest BCUT2D eigenvalue weighted by Gasteiger charge is -2.18. The molecule has 102 valence electrons. The lowest BCUT2D eigenvalue weighted by Crippen LogP contribution is -2.29. The first-order valence-corrected chi connectivity index (χ1v) is 6.12. The van der Waals surface area contributed by atoms with Gasteiger partial charge in [-0.25, -0.2) is 10.2 Å². The Morgan fingerprint density at radius 2 is 1.89 bits per heavy atom. The Hall–Kier alpha value is -2.10. The average Bonchev–Trinajstić information content (AvgIpc) is 2.27. The van der Waals surface area contributed by atoms with Gasteiger partial charge in [0.1, 0.15) is 5.60 Å². The molecule has 1 amide bonds. The van der Waals surface area contributed by atoms with E-state index < -0.39 is 11.7 Å². The van der Waals surface area contributed by atoms with Gasteiger partial charge in [-0.1, -0.05) is 36.4 Å². The zero-order valence-electron chi connectivity index (χ0n) is 11.8. The molecular formula is C15H20N2O2. The molecule has 1 N–H and O–H groups in total. The summed E-state index contributed by atoms with van der Waals surface area (Å²) in [5.41, 5.74) is 3.82. The predicted molar refractivity (Wildman–Crippen MR) is 78.0 cm³/mol. The standard InChI is InChI=1S/C15H20N2O2/c1-12(10-13-8-6-5-7-9-13)11-16-17-14(18)19-15(2,3)4/h5-11H,1-4H3,(H,17,18)/b12-10+,16-11+. The van der Waals surface area contributed by atoms with Crippen molar-refractivity contribution in [3.63, 3.8) is 0 Å². The van der Waals surface area contributed by atoms with Gasteiger partial charge in [0.15, 0.2) is 0 Å². The van der Waals surface area contributed by atoms with Gasteiger partial charge >= 0.3 is 6.09 Å². The van der Waals surface area contributed by atoms with Gasteiger partial charge in [0.25, 0.3) is 0 Å². The Balaban J connectivity index is 2.49. The topological polar surface area (TPSA) is 50.7 Å². The number of ether oxygens (including phenoxy) is 1. The molecule has 19 heavy (non-hydrogen) atoms. The number of hydrazone groups is 1. The second-order valence-electron chi connectivity index (χ2n) is 5.17. The van der Waals surface area contributed by atoms with Gasteiger partial charge in [-0.2, -0.15) is 5.10 Å². The number of hydrogen-bond donors (Lipinski definition) is 1. The van der Waals surface area contributed by atoms with E-state index in [0.29, 0.717) is 0 Å². The van der Waals surface area contributed by atoms with Crippen LogP contribution in [-0.4, -0.2) is 17.9 Å². The average molecular weight is 260 g/mol. The SMILES string of the molecule is CC(/C=N/NC(=O)OC(C)(C)C)=C\c1ccccc1. The number of carbonyl (C=O) groups excluding carboxylic acids is 1. The fourth-order valence-electron chi connectivity index (χ4n) is 1.34. The van der Waals surface area contributed by atoms with Crippen LogP contribution in [0.5, 0.6) is 0 Å². The van der Waals surface area contributed by atoms with Gasteiger partial charge in [0.2, 0.25) is 0 Å². The third-order valence-electron chi connectivity index (χ3n) is 2.02. The Bertz CT molecular complexity index is 471. The van der Waals surface area contributed by atoms with Crippen LogP contribution in [0, 0.1) is 0 Å². The fourth-order valence-corrected chi connectivity index (χ4v) is 1.34. The summed E-state index contributed by atoms with van der Waals surface area (Å²) in [6, 6.07) is 9.90. The highest BCUT2D eigenvalue weighted by Gasteiger charge is 2.15. The number of hydrogen-bond acceptors (Lipinski definition) is 3. The zero-order valence-corrected chi connectivity index (χ0v) is 11.8. The molecule has 0 heterocycles. The first-order chi connectivity index (χ1) is 8.87. The molecule has 1 rings (SSSR count). The molecule has 0 radical (unpaired) electrons. The van der Waals surface area contributed by atoms with Crippen LogP contribution < -0.4 is 5.43 Å². The first-order valence-electron chi connectivity index (χ1n) is 6.12. The van der Waals surface area contributed by atoms with Crippen molar-refractivity contribution in [2.24, 2.45) is 5.10 Å². The Morgan fingerprint density at radius 1 is 1.26 bits per heavy atom. The number of amides is 1. The van der Waals surface area contributed by atoms with Gasteiger partial charge in [-0.3, -0.25) is 0 Å². The summed E-state index contributed by atoms with van der Waals surface area (Å²) in [7, 11) is 0. The van der Waals surface area contributed by atoms with Crippen LogP contribution in [0.1, 0.15) is 33.3 Å². The highest BCUT2D eigenvalue weighted by molar-refractivity contribution is 5.85. The van der Waals surface area contributed by atoms with Crippen molar-refractivity contribution in [1.29, 1.82) is 0 Å². The van der Waals surface area contributed by atoms with E-state index in [1.54, 1.807) is 27.0 Å². The molecule has 4 nitrogen and oxygen atoms in total. The lowest BCUT2D eigenvalue weighted by molar-refractivity contribution is 0.0529. The molecular weight excluding hydrogens is 240 g/mol. The van der Waals surface area contributed by atoms with Crippen LogP contribution in [0.3, 0.4) is 0 Å². The van der Waals surface area contributed by atoms with Crippen molar-refractivity contribution in [2.75, 3.05) is 0 Å². The minimum absolute atomic E-state index is 0.519. The first kappa shape index (κ1) is 15.0. The van der Waals surface area contributed by atoms with Gasteiger partial charge in [-0.05, 0) is 38.8 Å². The third kappa shape index (κ3) is 7.03. The molecule has 0 saturated carbocycles. The van der Waals surface area contributed by atoms with Crippen molar-refractivity contribution >= 4 is 18.4 Å². The van der Waals surface area contributed by atoms with Crippen molar-refractivity contribution in [3.05, 3.63) is 41.5 Å². The minimum atomic E-state index is -0.559. The number of carbonyl (C=O) groups is 1. The quantitative estimate of drug-likeness (QED) is 0.667. The summed E-state index contributed by atoms with van der Waals surface area (Å²) in [6.07, 6.45) is 2.99. The maximum absolute atomic E-state index is 11.3. The van der Waals surface area contributed by atoms with Gasteiger partial charge < -0.3 is 4.74 Å². The number of benzene rings is 1. The summed E-state index contributed by atoms with van der Waals surface area (Å²) < 4.78 is 5.05. The van der Waals surface area contributed by atoms with Gasteiger partial charge in [0, 0.05) is 0 Å². The van der Waals surface area contributed by atoms with E-state index in [9.17, 15) is 4.79 Å². The van der Waals surface area contributed by atoms with Gasteiger partial charge in [0.05, 0.1) is 6.21 Å². The fraction of sp³-hybridized carbons (Fsp3) is 0.333. The summed E-state index contributed by atoms with van der Waals surface area (Å²) in [6.45, 7) is 7.32. The minimum Gasteiger partial charge on any atom is -0.443 e. The van der Waals surface area contributed by atoms with E-state index in [4.69, 9.17) is 4.74 Å². The third-order valence-corrected chi connectivity index (χ3v) is 2.02. The molecule has 0 aliphatic heterocycles. The number of nitrogens with zero attached hydrogens (tertiary/aromatic N) is 1. The largest absolute Gasteiger partial charge is 0.443 e. The Kier molecular flexibility index (Phi) is 5.30. The molecule has 0 spiro atoms. The summed E-state index contributed by atoms with van der Waals surface area (Å²) in [5, 5.41) is 3.83. The summed E-state index contributed by atoms with van der Waals surface area (Å²) in [5.74, 6) is 0. The molecule has 0 bridgehead atoms. The summed E-state index contributed by atoms with van der Waals surface area (Å²) >= 11 is 0. The van der Waals surface area contributed by atoms with Crippen LogP contribution in [0.2, 0.25) is 0 Å². The van der Waals surface area contributed by atoms with E-state index in [2.05, 4.69) is 10.5 Å². The Labute approximate surface area is 114 Å². The van der Waals surface area contributed by atoms with Crippen LogP contribution in [0.15, 0.2) is 41.0 Å². The Morgan fingerprint density at radius 3 is 2.47 bits per heavy atom. The van der Waals surface area contributed by atoms with Gasteiger partial charge in [-0.15, -0.1) is 0 Å². The normalized spacial score (nSPS) is 12.5. The zero-order chi connectivity index (χ0) is 14.3. The molecule has 0 atom stereocenters. The molecule has 0 aromatic heterocycles. The van der Waals surface area contributed by atoms with E-state index in [0.717, 1.165) is 11.1 Å². The molecule has 1 aromatic rings. The van der Waals surface area contributed by atoms with E-state index in [1.807, 2.05) is 43.3 Å². The number of allylic oxidation sites excluding steroid dienone is 1. The molecule has 0 unspecified atom stereocenters. The monoisotopic (exact) mass is 260 g/mol. The van der Waals surface area contributed by atoms with Crippen LogP contribution in [0.4, 0.5) is 4.79 Å². The van der Waals surface area contributed by atoms with Crippen molar-refractivity contribution < 1.29 is 9.53 Å². The second-order valence-corrected chi connectivity index (χ2v) is 5.17. The van der Waals surface area contributed by atoms with Crippen molar-refractivity contribution in [2.45, 2.75) is 33.3 Å². The summed E-state index contributed by atoms with van der Waals surface area (Å²) in [4.78, 5) is 11.3. The van der Waals surface area contributed by atoms with Crippen LogP contribution >= 0.6 is 0 Å². The van der Waals surface area contributed by atoms with Crippen molar-refractivity contribution in [3.8, 4) is 0 Å². The lowest BCUT2D eigenvalue weighted by atomic mass is 10.1.